The Morgan fingerprint density at radius 1 is 1.02 bits per heavy atom. The van der Waals surface area contributed by atoms with E-state index in [9.17, 15) is 24.0 Å². The molecular formula is C36H50N4O7S. The third kappa shape index (κ3) is 11.1. The van der Waals surface area contributed by atoms with Gasteiger partial charge in [0.1, 0.15) is 22.9 Å². The van der Waals surface area contributed by atoms with Crippen molar-refractivity contribution in [1.29, 1.82) is 0 Å². The van der Waals surface area contributed by atoms with Crippen molar-refractivity contribution >= 4 is 40.9 Å². The van der Waals surface area contributed by atoms with Crippen LogP contribution in [-0.2, 0) is 28.7 Å². The van der Waals surface area contributed by atoms with Gasteiger partial charge in [-0.25, -0.2) is 4.98 Å². The molecule has 1 unspecified atom stereocenters. The number of esters is 1. The molecule has 1 aliphatic heterocycles. The van der Waals surface area contributed by atoms with Crippen molar-refractivity contribution < 1.29 is 33.4 Å². The number of rotatable bonds is 19. The van der Waals surface area contributed by atoms with Gasteiger partial charge < -0.3 is 19.7 Å². The summed E-state index contributed by atoms with van der Waals surface area (Å²) in [5, 5.41) is 5.22. The minimum absolute atomic E-state index is 0.0734. The van der Waals surface area contributed by atoms with Gasteiger partial charge in [0.25, 0.3) is 17.7 Å². The van der Waals surface area contributed by atoms with Crippen LogP contribution in [-0.4, -0.2) is 76.7 Å². The maximum absolute atomic E-state index is 13.4. The molecule has 5 atom stereocenters. The van der Waals surface area contributed by atoms with E-state index in [0.29, 0.717) is 43.8 Å². The number of ether oxygens (including phenoxy) is 2. The number of imide groups is 1. The first-order chi connectivity index (χ1) is 22.8. The summed E-state index contributed by atoms with van der Waals surface area (Å²) in [4.78, 5) is 70.0. The fraction of sp³-hybridized carbons (Fsp3) is 0.556. The minimum Gasteiger partial charge on any atom is -0.455 e. The standard InChI is InChI=1S/C36H50N4O7S/c1-8-24(4)20-33(44)39(7)29(23(2)3)21-30(46-19-13-12-18-40-31(42)16-17-32(40)43)36-38-28(22-48-36)35(45)37-25(5)34(47-26(6)41)27-14-10-9-11-15-27/h9-11,14-17,22-25,29-30,34H,8,12-13,18-21H2,1-7H3,(H,37,45)/t24-,25+,29+,30+,34?/m0/s1. The first-order valence-electron chi connectivity index (χ1n) is 16.7. The molecule has 1 N–H and O–H groups in total. The number of unbranched alkanes of at least 4 members (excludes halogenated alkanes) is 1. The molecule has 0 bridgehead atoms. The number of benzene rings is 1. The Hall–Kier alpha value is -3.90. The second kappa shape index (κ2) is 18.6. The molecule has 2 heterocycles. The maximum Gasteiger partial charge on any atom is 0.303 e. The third-order valence-corrected chi connectivity index (χ3v) is 9.53. The highest BCUT2D eigenvalue weighted by Gasteiger charge is 2.31. The summed E-state index contributed by atoms with van der Waals surface area (Å²) in [6, 6.07) is 8.54. The molecule has 2 aromatic rings. The molecule has 0 saturated heterocycles. The number of hydrogen-bond donors (Lipinski definition) is 1. The van der Waals surface area contributed by atoms with Gasteiger partial charge in [-0.2, -0.15) is 0 Å². The second-order valence-corrected chi connectivity index (χ2v) is 13.7. The molecule has 3 rings (SSSR count). The van der Waals surface area contributed by atoms with Crippen molar-refractivity contribution in [2.45, 2.75) is 97.9 Å². The predicted molar refractivity (Wildman–Crippen MR) is 184 cm³/mol. The normalized spacial score (nSPS) is 16.0. The fourth-order valence-electron chi connectivity index (χ4n) is 5.53. The summed E-state index contributed by atoms with van der Waals surface area (Å²) in [7, 11) is 1.83. The molecule has 1 aromatic carbocycles. The van der Waals surface area contributed by atoms with Gasteiger partial charge in [0.05, 0.1) is 6.04 Å². The summed E-state index contributed by atoms with van der Waals surface area (Å²) in [5.41, 5.74) is 0.973. The zero-order valence-corrected chi connectivity index (χ0v) is 30.0. The quantitative estimate of drug-likeness (QED) is 0.114. The van der Waals surface area contributed by atoms with E-state index in [1.807, 2.05) is 42.3 Å². The van der Waals surface area contributed by atoms with Gasteiger partial charge in [-0.1, -0.05) is 64.4 Å². The van der Waals surface area contributed by atoms with Crippen molar-refractivity contribution in [1.82, 2.24) is 20.1 Å². The highest BCUT2D eigenvalue weighted by molar-refractivity contribution is 7.09. The first-order valence-corrected chi connectivity index (χ1v) is 17.6. The van der Waals surface area contributed by atoms with Crippen LogP contribution < -0.4 is 5.32 Å². The number of nitrogens with one attached hydrogen (secondary N) is 1. The largest absolute Gasteiger partial charge is 0.455 e. The Morgan fingerprint density at radius 2 is 1.69 bits per heavy atom. The Morgan fingerprint density at radius 3 is 2.29 bits per heavy atom. The van der Waals surface area contributed by atoms with Crippen LogP contribution in [0.4, 0.5) is 0 Å². The van der Waals surface area contributed by atoms with Crippen LogP contribution in [0.25, 0.3) is 0 Å². The zero-order valence-electron chi connectivity index (χ0n) is 29.1. The van der Waals surface area contributed by atoms with Gasteiger partial charge >= 0.3 is 5.97 Å². The van der Waals surface area contributed by atoms with Crippen LogP contribution in [0.5, 0.6) is 0 Å². The van der Waals surface area contributed by atoms with Crippen molar-refractivity contribution in [2.24, 2.45) is 11.8 Å². The monoisotopic (exact) mass is 682 g/mol. The van der Waals surface area contributed by atoms with Crippen LogP contribution in [0, 0.1) is 11.8 Å². The van der Waals surface area contributed by atoms with Gasteiger partial charge in [-0.3, -0.25) is 28.9 Å². The molecule has 48 heavy (non-hydrogen) atoms. The Labute approximate surface area is 288 Å². The molecule has 0 radical (unpaired) electrons. The van der Waals surface area contributed by atoms with Gasteiger partial charge in [-0.05, 0) is 37.2 Å². The minimum atomic E-state index is -0.681. The molecule has 12 heteroatoms. The number of carbonyl (C=O) groups excluding carboxylic acids is 5. The highest BCUT2D eigenvalue weighted by Crippen LogP contribution is 2.31. The number of carbonyl (C=O) groups is 5. The highest BCUT2D eigenvalue weighted by atomic mass is 32.1. The molecule has 0 fully saturated rings. The van der Waals surface area contributed by atoms with Crippen molar-refractivity contribution in [3.05, 3.63) is 64.1 Å². The smallest absolute Gasteiger partial charge is 0.303 e. The van der Waals surface area contributed by atoms with Gasteiger partial charge in [-0.15, -0.1) is 11.3 Å². The predicted octanol–water partition coefficient (Wildman–Crippen LogP) is 5.64. The summed E-state index contributed by atoms with van der Waals surface area (Å²) >= 11 is 1.31. The van der Waals surface area contributed by atoms with E-state index in [-0.39, 0.29) is 41.3 Å². The van der Waals surface area contributed by atoms with Crippen LogP contribution in [0.2, 0.25) is 0 Å². The van der Waals surface area contributed by atoms with E-state index in [4.69, 9.17) is 9.47 Å². The SMILES string of the molecule is CC[C@H](C)CC(=O)N(C)[C@H](C[C@@H](OCCCCN1C(=O)C=CC1=O)c1nc(C(=O)N[C@H](C)C(OC(C)=O)c2ccccc2)cs1)C(C)C. The number of nitrogens with zero attached hydrogens (tertiary/aromatic N) is 3. The van der Waals surface area contributed by atoms with Crippen LogP contribution in [0.1, 0.15) is 107 Å². The van der Waals surface area contributed by atoms with E-state index in [1.165, 1.54) is 35.3 Å². The Balaban J connectivity index is 1.76. The molecule has 1 aliphatic rings. The van der Waals surface area contributed by atoms with Crippen LogP contribution >= 0.6 is 11.3 Å². The summed E-state index contributed by atoms with van der Waals surface area (Å²) in [6.07, 6.45) is 4.37. The van der Waals surface area contributed by atoms with E-state index in [1.54, 1.807) is 12.3 Å². The topological polar surface area (TPSA) is 135 Å². The molecule has 4 amide bonds. The lowest BCUT2D eigenvalue weighted by atomic mass is 9.95. The molecule has 262 valence electrons. The summed E-state index contributed by atoms with van der Waals surface area (Å²) in [5.74, 6) is -1.01. The Kier molecular flexibility index (Phi) is 14.9. The van der Waals surface area contributed by atoms with Gasteiger partial charge in [0.15, 0.2) is 0 Å². The second-order valence-electron chi connectivity index (χ2n) is 12.8. The number of aromatic nitrogens is 1. The lowest BCUT2D eigenvalue weighted by molar-refractivity contribution is -0.148. The molecule has 11 nitrogen and oxygen atoms in total. The molecule has 0 spiro atoms. The Bertz CT molecular complexity index is 1410. The zero-order chi connectivity index (χ0) is 35.4. The van der Waals surface area contributed by atoms with E-state index < -0.39 is 30.1 Å². The summed E-state index contributed by atoms with van der Waals surface area (Å²) < 4.78 is 11.9. The molecule has 0 aliphatic carbocycles. The van der Waals surface area contributed by atoms with Crippen molar-refractivity contribution in [3.63, 3.8) is 0 Å². The number of hydrogen-bond acceptors (Lipinski definition) is 9. The van der Waals surface area contributed by atoms with Gasteiger partial charge in [0, 0.05) is 63.5 Å². The average Bonchev–Trinajstić information content (AvgIpc) is 3.67. The maximum atomic E-state index is 13.4. The fourth-order valence-corrected chi connectivity index (χ4v) is 6.39. The van der Waals surface area contributed by atoms with E-state index in [0.717, 1.165) is 12.0 Å². The molecule has 1 aromatic heterocycles. The summed E-state index contributed by atoms with van der Waals surface area (Å²) in [6.45, 7) is 12.0. The number of thiazole rings is 1. The lowest BCUT2D eigenvalue weighted by Gasteiger charge is -2.34. The molecule has 0 saturated carbocycles. The molecular weight excluding hydrogens is 632 g/mol. The van der Waals surface area contributed by atoms with E-state index >= 15 is 0 Å². The van der Waals surface area contributed by atoms with Gasteiger partial charge in [0.2, 0.25) is 5.91 Å². The number of amides is 4. The third-order valence-electron chi connectivity index (χ3n) is 8.60. The first kappa shape index (κ1) is 38.5. The van der Waals surface area contributed by atoms with Crippen molar-refractivity contribution in [3.8, 4) is 0 Å². The van der Waals surface area contributed by atoms with Crippen LogP contribution in [0.3, 0.4) is 0 Å². The van der Waals surface area contributed by atoms with Crippen LogP contribution in [0.15, 0.2) is 47.9 Å². The van der Waals surface area contributed by atoms with E-state index in [2.05, 4.69) is 38.0 Å². The lowest BCUT2D eigenvalue weighted by Crippen LogP contribution is -2.42. The average molecular weight is 683 g/mol. The van der Waals surface area contributed by atoms with Crippen molar-refractivity contribution in [2.75, 3.05) is 20.2 Å².